The highest BCUT2D eigenvalue weighted by Gasteiger charge is 2.47. The lowest BCUT2D eigenvalue weighted by Crippen LogP contribution is -2.56. The Morgan fingerprint density at radius 2 is 1.97 bits per heavy atom. The number of methoxy groups -OCH3 is 2. The molecule has 1 aliphatic heterocycles. The highest BCUT2D eigenvalue weighted by atomic mass is 32.1. The minimum Gasteiger partial charge on any atom is -0.484 e. The van der Waals surface area contributed by atoms with Crippen LogP contribution in [0.3, 0.4) is 0 Å². The standard InChI is InChI=1S/C24H35N3O6S/c1-8-16(18-10-9-11-34-18)25-20(32-6)14(2)15-12-17(22(29)30)27(13-15)21(28)19(24(3,4)5)26-23(31)33-7/h8-11,14-15,17,19H,12-13H2,1-7H3,(H,26,31)(H,29,30)/b16-8-,25-20?/t14?,15-,17+,19-/m1/s1. The second-order valence-corrected chi connectivity index (χ2v) is 10.3. The maximum absolute atomic E-state index is 13.5. The third kappa shape index (κ3) is 6.37. The maximum Gasteiger partial charge on any atom is 0.407 e. The monoisotopic (exact) mass is 493 g/mol. The number of likely N-dealkylation sites (tertiary alicyclic amines) is 1. The van der Waals surface area contributed by atoms with E-state index in [-0.39, 0.29) is 24.8 Å². The van der Waals surface area contributed by atoms with Crippen molar-refractivity contribution in [3.8, 4) is 0 Å². The van der Waals surface area contributed by atoms with Crippen LogP contribution in [0, 0.1) is 17.3 Å². The van der Waals surface area contributed by atoms with E-state index < -0.39 is 35.5 Å². The fourth-order valence-corrected chi connectivity index (χ4v) is 4.78. The van der Waals surface area contributed by atoms with Crippen LogP contribution in [0.1, 0.15) is 45.9 Å². The molecular weight excluding hydrogens is 458 g/mol. The molecule has 2 amide bonds. The van der Waals surface area contributed by atoms with Gasteiger partial charge in [-0.1, -0.05) is 39.8 Å². The van der Waals surface area contributed by atoms with Gasteiger partial charge in [0.25, 0.3) is 0 Å². The van der Waals surface area contributed by atoms with Crippen molar-refractivity contribution in [2.24, 2.45) is 22.2 Å². The minimum absolute atomic E-state index is 0.191. The minimum atomic E-state index is -1.09. The van der Waals surface area contributed by atoms with Crippen molar-refractivity contribution in [1.82, 2.24) is 10.2 Å². The molecule has 1 fully saturated rings. The van der Waals surface area contributed by atoms with Crippen LogP contribution < -0.4 is 5.32 Å². The van der Waals surface area contributed by atoms with Gasteiger partial charge in [-0.05, 0) is 36.1 Å². The Morgan fingerprint density at radius 3 is 2.44 bits per heavy atom. The van der Waals surface area contributed by atoms with E-state index in [1.807, 2.05) is 37.4 Å². The van der Waals surface area contributed by atoms with Crippen molar-refractivity contribution in [2.45, 2.75) is 53.1 Å². The lowest BCUT2D eigenvalue weighted by molar-refractivity contribution is -0.150. The summed E-state index contributed by atoms with van der Waals surface area (Å²) < 4.78 is 10.3. The zero-order chi connectivity index (χ0) is 25.6. The first kappa shape index (κ1) is 27.4. The summed E-state index contributed by atoms with van der Waals surface area (Å²) in [4.78, 5) is 44.5. The van der Waals surface area contributed by atoms with E-state index in [1.165, 1.54) is 12.0 Å². The van der Waals surface area contributed by atoms with Gasteiger partial charge in [0.05, 0.1) is 24.8 Å². The molecule has 0 radical (unpaired) electrons. The number of carbonyl (C=O) groups excluding carboxylic acids is 2. The SMILES string of the molecule is C/C=C(\N=C(OC)C(C)[C@@H]1C[C@@H](C(=O)O)N(C(=O)[C@@H](NC(=O)OC)C(C)(C)C)C1)c1cccs1. The molecule has 0 aromatic carbocycles. The molecule has 9 nitrogen and oxygen atoms in total. The van der Waals surface area contributed by atoms with E-state index in [2.05, 4.69) is 10.1 Å². The molecule has 4 atom stereocenters. The lowest BCUT2D eigenvalue weighted by atomic mass is 9.85. The number of amides is 2. The Labute approximate surface area is 204 Å². The molecule has 0 spiro atoms. The summed E-state index contributed by atoms with van der Waals surface area (Å²) in [6.45, 7) is 9.44. The highest BCUT2D eigenvalue weighted by molar-refractivity contribution is 7.11. The number of nitrogens with one attached hydrogen (secondary N) is 1. The van der Waals surface area contributed by atoms with E-state index in [9.17, 15) is 19.5 Å². The summed E-state index contributed by atoms with van der Waals surface area (Å²) in [7, 11) is 2.76. The molecular formula is C24H35N3O6S. The fourth-order valence-electron chi connectivity index (χ4n) is 4.04. The molecule has 1 aromatic rings. The van der Waals surface area contributed by atoms with Crippen molar-refractivity contribution >= 4 is 40.9 Å². The van der Waals surface area contributed by atoms with Gasteiger partial charge in [-0.15, -0.1) is 11.3 Å². The van der Waals surface area contributed by atoms with Gasteiger partial charge in [0, 0.05) is 12.5 Å². The third-order valence-corrected chi connectivity index (χ3v) is 6.94. The lowest BCUT2D eigenvalue weighted by Gasteiger charge is -2.34. The molecule has 2 N–H and O–H groups in total. The van der Waals surface area contributed by atoms with Gasteiger partial charge in [-0.2, -0.15) is 0 Å². The van der Waals surface area contributed by atoms with Crippen LogP contribution in [-0.4, -0.2) is 66.7 Å². The predicted molar refractivity (Wildman–Crippen MR) is 132 cm³/mol. The number of hydrogen-bond donors (Lipinski definition) is 2. The largest absolute Gasteiger partial charge is 0.484 e. The number of alkyl carbamates (subject to hydrolysis) is 1. The Kier molecular flexibility index (Phi) is 9.26. The maximum atomic E-state index is 13.5. The number of ether oxygens (including phenoxy) is 2. The van der Waals surface area contributed by atoms with Crippen LogP contribution in [-0.2, 0) is 19.1 Å². The number of carboxylic acids is 1. The number of aliphatic imine (C=N–C) groups is 1. The molecule has 0 aliphatic carbocycles. The van der Waals surface area contributed by atoms with Gasteiger partial charge in [-0.25, -0.2) is 14.6 Å². The Morgan fingerprint density at radius 1 is 1.29 bits per heavy atom. The Hall–Kier alpha value is -2.88. The van der Waals surface area contributed by atoms with E-state index in [0.29, 0.717) is 5.90 Å². The summed E-state index contributed by atoms with van der Waals surface area (Å²) in [5.41, 5.74) is 0.119. The van der Waals surface area contributed by atoms with Gasteiger partial charge in [0.15, 0.2) is 5.90 Å². The topological polar surface area (TPSA) is 118 Å². The zero-order valence-electron chi connectivity index (χ0n) is 20.8. The average molecular weight is 494 g/mol. The van der Waals surface area contributed by atoms with Crippen LogP contribution in [0.25, 0.3) is 5.70 Å². The normalized spacial score (nSPS) is 21.1. The molecule has 0 saturated carbocycles. The van der Waals surface area contributed by atoms with Crippen LogP contribution in [0.15, 0.2) is 28.6 Å². The highest BCUT2D eigenvalue weighted by Crippen LogP contribution is 2.34. The third-order valence-electron chi connectivity index (χ3n) is 6.05. The number of rotatable bonds is 7. The van der Waals surface area contributed by atoms with E-state index in [1.54, 1.807) is 39.2 Å². The van der Waals surface area contributed by atoms with Gasteiger partial charge in [0.1, 0.15) is 12.1 Å². The van der Waals surface area contributed by atoms with Crippen LogP contribution >= 0.6 is 11.3 Å². The number of carboxylic acid groups (broad SMARTS) is 1. The fraction of sp³-hybridized carbons (Fsp3) is 0.583. The molecule has 10 heteroatoms. The second kappa shape index (κ2) is 11.5. The first-order valence-corrected chi connectivity index (χ1v) is 12.0. The first-order chi connectivity index (χ1) is 15.9. The molecule has 1 unspecified atom stereocenters. The molecule has 1 aromatic heterocycles. The zero-order valence-corrected chi connectivity index (χ0v) is 21.6. The number of carbonyl (C=O) groups is 3. The Bertz CT molecular complexity index is 935. The van der Waals surface area contributed by atoms with Gasteiger partial charge in [-0.3, -0.25) is 4.79 Å². The summed E-state index contributed by atoms with van der Waals surface area (Å²) in [5.74, 6) is -1.49. The van der Waals surface area contributed by atoms with Crippen molar-refractivity contribution in [2.75, 3.05) is 20.8 Å². The molecule has 34 heavy (non-hydrogen) atoms. The number of nitrogens with zero attached hydrogens (tertiary/aromatic N) is 2. The van der Waals surface area contributed by atoms with E-state index in [4.69, 9.17) is 9.73 Å². The molecule has 2 rings (SSSR count). The predicted octanol–water partition coefficient (Wildman–Crippen LogP) is 3.86. The number of aliphatic carboxylic acids is 1. The quantitative estimate of drug-likeness (QED) is 0.440. The van der Waals surface area contributed by atoms with Crippen LogP contribution in [0.2, 0.25) is 0 Å². The molecule has 2 heterocycles. The van der Waals surface area contributed by atoms with Crippen molar-refractivity contribution in [1.29, 1.82) is 0 Å². The smallest absolute Gasteiger partial charge is 0.407 e. The summed E-state index contributed by atoms with van der Waals surface area (Å²) in [6.07, 6.45) is 1.41. The van der Waals surface area contributed by atoms with Crippen molar-refractivity contribution < 1.29 is 29.0 Å². The second-order valence-electron chi connectivity index (χ2n) is 9.37. The number of hydrogen-bond acceptors (Lipinski definition) is 7. The van der Waals surface area contributed by atoms with Crippen molar-refractivity contribution in [3.05, 3.63) is 28.5 Å². The van der Waals surface area contributed by atoms with E-state index >= 15 is 0 Å². The van der Waals surface area contributed by atoms with Gasteiger partial charge in [0.2, 0.25) is 5.91 Å². The van der Waals surface area contributed by atoms with Gasteiger partial charge >= 0.3 is 12.1 Å². The average Bonchev–Trinajstić information content (AvgIpc) is 3.47. The summed E-state index contributed by atoms with van der Waals surface area (Å²) in [5, 5.41) is 14.4. The first-order valence-electron chi connectivity index (χ1n) is 11.1. The van der Waals surface area contributed by atoms with E-state index in [0.717, 1.165) is 10.6 Å². The summed E-state index contributed by atoms with van der Waals surface area (Å²) >= 11 is 1.57. The van der Waals surface area contributed by atoms with Crippen LogP contribution in [0.4, 0.5) is 4.79 Å². The molecule has 188 valence electrons. The van der Waals surface area contributed by atoms with Gasteiger partial charge < -0.3 is 24.8 Å². The number of thiophene rings is 1. The number of allylic oxidation sites excluding steroid dienone is 1. The summed E-state index contributed by atoms with van der Waals surface area (Å²) in [6, 6.07) is 1.96. The molecule has 1 aliphatic rings. The van der Waals surface area contributed by atoms with Crippen molar-refractivity contribution in [3.63, 3.8) is 0 Å². The molecule has 0 bridgehead atoms. The van der Waals surface area contributed by atoms with Crippen LogP contribution in [0.5, 0.6) is 0 Å². The Balaban J connectivity index is 2.32. The molecule has 1 saturated heterocycles.